The third-order valence-electron chi connectivity index (χ3n) is 3.63. The number of amides is 1. The smallest absolute Gasteiger partial charge is 0.276 e. The second-order valence-corrected chi connectivity index (χ2v) is 5.60. The predicted octanol–water partition coefficient (Wildman–Crippen LogP) is 3.27. The van der Waals surface area contributed by atoms with Crippen LogP contribution in [-0.4, -0.2) is 22.3 Å². The Morgan fingerprint density at radius 1 is 1.04 bits per heavy atom. The molecule has 6 nitrogen and oxygen atoms in total. The molecule has 3 rings (SSSR count). The van der Waals surface area contributed by atoms with Crippen LogP contribution >= 0.6 is 0 Å². The largest absolute Gasteiger partial charge is 0.491 e. The summed E-state index contributed by atoms with van der Waals surface area (Å²) < 4.78 is 6.85. The first-order valence-electron chi connectivity index (χ1n) is 8.38. The van der Waals surface area contributed by atoms with E-state index in [1.807, 2.05) is 25.1 Å². The Balaban J connectivity index is 1.87. The zero-order valence-electron chi connectivity index (χ0n) is 14.4. The highest BCUT2D eigenvalue weighted by Gasteiger charge is 2.13. The number of nitrogens with one attached hydrogen (secondary N) is 1. The number of hydrogen-bond acceptors (Lipinski definition) is 4. The normalized spacial score (nSPS) is 10.3. The lowest BCUT2D eigenvalue weighted by atomic mass is 10.2. The van der Waals surface area contributed by atoms with Gasteiger partial charge in [-0.1, -0.05) is 37.3 Å². The third kappa shape index (κ3) is 3.97. The second-order valence-electron chi connectivity index (χ2n) is 5.60. The fourth-order valence-electron chi connectivity index (χ4n) is 2.38. The quantitative estimate of drug-likeness (QED) is 0.741. The molecule has 3 aromatic rings. The number of ether oxygens (including phenoxy) is 1. The first kappa shape index (κ1) is 17.4. The Kier molecular flexibility index (Phi) is 5.43. The van der Waals surface area contributed by atoms with Crippen LogP contribution in [-0.2, 0) is 0 Å². The number of nitrogens with zero attached hydrogens (tertiary/aromatic N) is 2. The highest BCUT2D eigenvalue weighted by Crippen LogP contribution is 2.24. The van der Waals surface area contributed by atoms with Gasteiger partial charge in [-0.2, -0.15) is 9.78 Å². The van der Waals surface area contributed by atoms with Crippen molar-refractivity contribution >= 4 is 11.6 Å². The Morgan fingerprint density at radius 2 is 1.77 bits per heavy atom. The molecule has 26 heavy (non-hydrogen) atoms. The van der Waals surface area contributed by atoms with Crippen LogP contribution in [0, 0.1) is 0 Å². The van der Waals surface area contributed by atoms with Gasteiger partial charge in [-0.05, 0) is 36.8 Å². The minimum atomic E-state index is -0.415. The maximum Gasteiger partial charge on any atom is 0.276 e. The Hall–Kier alpha value is -3.41. The van der Waals surface area contributed by atoms with Crippen LogP contribution in [0.15, 0.2) is 71.5 Å². The number of aromatic nitrogens is 2. The van der Waals surface area contributed by atoms with Gasteiger partial charge in [-0.3, -0.25) is 9.59 Å². The van der Waals surface area contributed by atoms with E-state index in [4.69, 9.17) is 4.74 Å². The van der Waals surface area contributed by atoms with E-state index in [1.54, 1.807) is 36.4 Å². The van der Waals surface area contributed by atoms with E-state index in [0.717, 1.165) is 6.42 Å². The van der Waals surface area contributed by atoms with Crippen LogP contribution < -0.4 is 15.6 Å². The zero-order chi connectivity index (χ0) is 18.4. The molecule has 0 saturated carbocycles. The van der Waals surface area contributed by atoms with Crippen molar-refractivity contribution in [1.82, 2.24) is 9.78 Å². The molecule has 0 fully saturated rings. The van der Waals surface area contributed by atoms with Crippen LogP contribution in [0.2, 0.25) is 0 Å². The SMILES string of the molecule is CCCOc1ccccc1NC(=O)c1ccc(=O)n(-c2ccccc2)n1. The predicted molar refractivity (Wildman–Crippen MR) is 100 cm³/mol. The molecule has 1 aromatic heterocycles. The lowest BCUT2D eigenvalue weighted by Crippen LogP contribution is -2.25. The molecule has 2 aromatic carbocycles. The minimum absolute atomic E-state index is 0.138. The van der Waals surface area contributed by atoms with Gasteiger partial charge in [0.15, 0.2) is 0 Å². The van der Waals surface area contributed by atoms with Crippen LogP contribution in [0.5, 0.6) is 5.75 Å². The van der Waals surface area contributed by atoms with Crippen LogP contribution in [0.3, 0.4) is 0 Å². The standard InChI is InChI=1S/C20H19N3O3/c1-2-14-26-18-11-7-6-10-16(18)21-20(25)17-12-13-19(24)23(22-17)15-8-4-3-5-9-15/h3-13H,2,14H2,1H3,(H,21,25). The summed E-state index contributed by atoms with van der Waals surface area (Å²) in [5.41, 5.74) is 0.988. The van der Waals surface area contributed by atoms with Crippen molar-refractivity contribution in [2.24, 2.45) is 0 Å². The van der Waals surface area contributed by atoms with Gasteiger partial charge in [0.2, 0.25) is 0 Å². The first-order valence-corrected chi connectivity index (χ1v) is 8.38. The van der Waals surface area contributed by atoms with E-state index in [-0.39, 0.29) is 11.3 Å². The summed E-state index contributed by atoms with van der Waals surface area (Å²) in [7, 11) is 0. The number of benzene rings is 2. The molecule has 0 aliphatic carbocycles. The third-order valence-corrected chi connectivity index (χ3v) is 3.63. The summed E-state index contributed by atoms with van der Waals surface area (Å²) in [6.07, 6.45) is 0.867. The molecule has 0 unspecified atom stereocenters. The molecule has 0 atom stereocenters. The van der Waals surface area contributed by atoms with E-state index in [9.17, 15) is 9.59 Å². The maximum absolute atomic E-state index is 12.6. The highest BCUT2D eigenvalue weighted by molar-refractivity contribution is 6.03. The summed E-state index contributed by atoms with van der Waals surface area (Å²) in [6, 6.07) is 18.9. The number of rotatable bonds is 6. The molecule has 132 valence electrons. The fourth-order valence-corrected chi connectivity index (χ4v) is 2.38. The van der Waals surface area contributed by atoms with Gasteiger partial charge in [-0.15, -0.1) is 0 Å². The van der Waals surface area contributed by atoms with Crippen molar-refractivity contribution < 1.29 is 9.53 Å². The zero-order valence-corrected chi connectivity index (χ0v) is 14.4. The van der Waals surface area contributed by atoms with Gasteiger partial charge in [0, 0.05) is 6.07 Å². The van der Waals surface area contributed by atoms with Crippen molar-refractivity contribution in [3.8, 4) is 11.4 Å². The van der Waals surface area contributed by atoms with Gasteiger partial charge in [0.25, 0.3) is 11.5 Å². The monoisotopic (exact) mass is 349 g/mol. The van der Waals surface area contributed by atoms with E-state index in [0.29, 0.717) is 23.7 Å². The Bertz CT molecular complexity index is 952. The molecular formula is C20H19N3O3. The summed E-state index contributed by atoms with van der Waals surface area (Å²) >= 11 is 0. The summed E-state index contributed by atoms with van der Waals surface area (Å²) in [5.74, 6) is 0.182. The molecule has 0 saturated heterocycles. The molecule has 1 N–H and O–H groups in total. The minimum Gasteiger partial charge on any atom is -0.491 e. The van der Waals surface area contributed by atoms with Crippen LogP contribution in [0.4, 0.5) is 5.69 Å². The molecular weight excluding hydrogens is 330 g/mol. The average Bonchev–Trinajstić information content (AvgIpc) is 2.68. The first-order chi connectivity index (χ1) is 12.7. The van der Waals surface area contributed by atoms with E-state index < -0.39 is 5.91 Å². The molecule has 1 heterocycles. The summed E-state index contributed by atoms with van der Waals surface area (Å²) in [6.45, 7) is 2.57. The van der Waals surface area contributed by atoms with Gasteiger partial charge >= 0.3 is 0 Å². The summed E-state index contributed by atoms with van der Waals surface area (Å²) in [4.78, 5) is 24.7. The lowest BCUT2D eigenvalue weighted by Gasteiger charge is -2.12. The topological polar surface area (TPSA) is 73.2 Å². The molecule has 6 heteroatoms. The maximum atomic E-state index is 12.6. The fraction of sp³-hybridized carbons (Fsp3) is 0.150. The van der Waals surface area contributed by atoms with Crippen LogP contribution in [0.1, 0.15) is 23.8 Å². The number of anilines is 1. The van der Waals surface area contributed by atoms with Crippen molar-refractivity contribution in [3.05, 3.63) is 82.8 Å². The van der Waals surface area contributed by atoms with Gasteiger partial charge < -0.3 is 10.1 Å². The second kappa shape index (κ2) is 8.11. The molecule has 1 amide bonds. The van der Waals surface area contributed by atoms with Crippen molar-refractivity contribution in [1.29, 1.82) is 0 Å². The summed E-state index contributed by atoms with van der Waals surface area (Å²) in [5, 5.41) is 6.97. The van der Waals surface area contributed by atoms with Crippen LogP contribution in [0.25, 0.3) is 5.69 Å². The number of carbonyl (C=O) groups excluding carboxylic acids is 1. The van der Waals surface area contributed by atoms with Gasteiger partial charge in [0.05, 0.1) is 18.0 Å². The van der Waals surface area contributed by atoms with E-state index >= 15 is 0 Å². The van der Waals surface area contributed by atoms with Gasteiger partial charge in [0.1, 0.15) is 11.4 Å². The Morgan fingerprint density at radius 3 is 2.54 bits per heavy atom. The van der Waals surface area contributed by atoms with E-state index in [2.05, 4.69) is 10.4 Å². The highest BCUT2D eigenvalue weighted by atomic mass is 16.5. The average molecular weight is 349 g/mol. The number of carbonyl (C=O) groups is 1. The molecule has 0 bridgehead atoms. The van der Waals surface area contributed by atoms with E-state index in [1.165, 1.54) is 16.8 Å². The van der Waals surface area contributed by atoms with Crippen molar-refractivity contribution in [2.45, 2.75) is 13.3 Å². The number of hydrogen-bond donors (Lipinski definition) is 1. The van der Waals surface area contributed by atoms with Crippen molar-refractivity contribution in [3.63, 3.8) is 0 Å². The molecule has 0 aliphatic heterocycles. The molecule has 0 radical (unpaired) electrons. The number of para-hydroxylation sites is 3. The molecule has 0 spiro atoms. The molecule has 0 aliphatic rings. The van der Waals surface area contributed by atoms with Gasteiger partial charge in [-0.25, -0.2) is 0 Å². The van der Waals surface area contributed by atoms with Crippen molar-refractivity contribution in [2.75, 3.05) is 11.9 Å². The lowest BCUT2D eigenvalue weighted by molar-refractivity contribution is 0.102. The Labute approximate surface area is 151 Å².